The lowest BCUT2D eigenvalue weighted by molar-refractivity contribution is 0.0526. The van der Waals surface area contributed by atoms with Gasteiger partial charge in [0.25, 0.3) is 0 Å². The fourth-order valence-corrected chi connectivity index (χ4v) is 1.82. The first kappa shape index (κ1) is 13.0. The minimum Gasteiger partial charge on any atom is -0.462 e. The van der Waals surface area contributed by atoms with Crippen molar-refractivity contribution in [3.63, 3.8) is 0 Å². The van der Waals surface area contributed by atoms with Crippen molar-refractivity contribution in [2.75, 3.05) is 18.1 Å². The van der Waals surface area contributed by atoms with Gasteiger partial charge in [0.15, 0.2) is 0 Å². The van der Waals surface area contributed by atoms with Gasteiger partial charge < -0.3 is 16.2 Å². The smallest absolute Gasteiger partial charge is 0.338 e. The molecule has 0 aliphatic carbocycles. The van der Waals surface area contributed by atoms with Crippen LogP contribution in [0.1, 0.15) is 17.3 Å². The van der Waals surface area contributed by atoms with Crippen LogP contribution in [0.4, 0.5) is 11.4 Å². The van der Waals surface area contributed by atoms with E-state index in [1.165, 1.54) is 0 Å². The molecule has 0 spiro atoms. The molecule has 0 aliphatic rings. The molecule has 2 rings (SSSR count). The molecule has 2 aromatic rings. The van der Waals surface area contributed by atoms with Gasteiger partial charge in [-0.05, 0) is 42.8 Å². The van der Waals surface area contributed by atoms with Gasteiger partial charge in [0.05, 0.1) is 12.2 Å². The summed E-state index contributed by atoms with van der Waals surface area (Å²) in [7, 11) is 0. The number of carbonyl (C=O) groups is 1. The first-order valence-electron chi connectivity index (χ1n) is 6.04. The number of carbonyl (C=O) groups excluding carboxylic acids is 1. The second kappa shape index (κ2) is 5.44. The number of nitrogen functional groups attached to an aromatic ring is 2. The van der Waals surface area contributed by atoms with E-state index in [0.717, 1.165) is 11.1 Å². The molecule has 0 fully saturated rings. The third kappa shape index (κ3) is 2.85. The largest absolute Gasteiger partial charge is 0.462 e. The van der Waals surface area contributed by atoms with Crippen LogP contribution in [0.15, 0.2) is 42.5 Å². The number of hydrogen-bond acceptors (Lipinski definition) is 4. The predicted octanol–water partition coefficient (Wildman–Crippen LogP) is 2.69. The molecule has 0 amide bonds. The van der Waals surface area contributed by atoms with Gasteiger partial charge >= 0.3 is 5.97 Å². The normalized spacial score (nSPS) is 10.2. The summed E-state index contributed by atoms with van der Waals surface area (Å²) in [6.07, 6.45) is 0. The molecular formula is C15H16N2O2. The van der Waals surface area contributed by atoms with E-state index in [4.69, 9.17) is 16.2 Å². The average molecular weight is 256 g/mol. The van der Waals surface area contributed by atoms with Gasteiger partial charge in [0, 0.05) is 16.9 Å². The minimum absolute atomic E-state index is 0.324. The van der Waals surface area contributed by atoms with Crippen LogP contribution in [-0.4, -0.2) is 12.6 Å². The standard InChI is InChI=1S/C15H16N2O2/c1-2-19-15(18)11-5-3-10(4-6-11)13-9-12(16)7-8-14(13)17/h3-9H,2,16-17H2,1H3. The van der Waals surface area contributed by atoms with Gasteiger partial charge in [-0.25, -0.2) is 4.79 Å². The SMILES string of the molecule is CCOC(=O)c1ccc(-c2cc(N)ccc2N)cc1. The molecule has 98 valence electrons. The van der Waals surface area contributed by atoms with Crippen LogP contribution in [0.25, 0.3) is 11.1 Å². The summed E-state index contributed by atoms with van der Waals surface area (Å²) >= 11 is 0. The number of rotatable bonds is 3. The Bertz CT molecular complexity index is 592. The van der Waals surface area contributed by atoms with Crippen LogP contribution in [0.5, 0.6) is 0 Å². The van der Waals surface area contributed by atoms with E-state index in [1.54, 1.807) is 31.2 Å². The van der Waals surface area contributed by atoms with Crippen LogP contribution >= 0.6 is 0 Å². The number of nitrogens with two attached hydrogens (primary N) is 2. The van der Waals surface area contributed by atoms with Crippen molar-refractivity contribution in [2.45, 2.75) is 6.92 Å². The molecule has 2 aromatic carbocycles. The quantitative estimate of drug-likeness (QED) is 0.653. The van der Waals surface area contributed by atoms with Crippen LogP contribution in [0.2, 0.25) is 0 Å². The summed E-state index contributed by atoms with van der Waals surface area (Å²) in [4.78, 5) is 11.5. The molecule has 0 atom stereocenters. The van der Waals surface area contributed by atoms with E-state index >= 15 is 0 Å². The zero-order chi connectivity index (χ0) is 13.8. The summed E-state index contributed by atoms with van der Waals surface area (Å²) in [5.41, 5.74) is 15.3. The third-order valence-corrected chi connectivity index (χ3v) is 2.78. The second-order valence-electron chi connectivity index (χ2n) is 4.14. The maximum absolute atomic E-state index is 11.5. The van der Waals surface area contributed by atoms with Gasteiger partial charge in [-0.1, -0.05) is 12.1 Å². The van der Waals surface area contributed by atoms with Crippen LogP contribution in [0.3, 0.4) is 0 Å². The van der Waals surface area contributed by atoms with E-state index in [-0.39, 0.29) is 5.97 Å². The Morgan fingerprint density at radius 3 is 2.42 bits per heavy atom. The first-order valence-corrected chi connectivity index (χ1v) is 6.04. The van der Waals surface area contributed by atoms with Gasteiger partial charge in [0.2, 0.25) is 0 Å². The topological polar surface area (TPSA) is 78.3 Å². The molecule has 0 radical (unpaired) electrons. The first-order chi connectivity index (χ1) is 9.11. The van der Waals surface area contributed by atoms with Crippen molar-refractivity contribution in [3.05, 3.63) is 48.0 Å². The highest BCUT2D eigenvalue weighted by Crippen LogP contribution is 2.28. The number of ether oxygens (including phenoxy) is 1. The molecular weight excluding hydrogens is 240 g/mol. The zero-order valence-corrected chi connectivity index (χ0v) is 10.7. The molecule has 0 saturated carbocycles. The number of hydrogen-bond donors (Lipinski definition) is 2. The van der Waals surface area contributed by atoms with Gasteiger partial charge in [0.1, 0.15) is 0 Å². The van der Waals surface area contributed by atoms with Gasteiger partial charge in [-0.2, -0.15) is 0 Å². The van der Waals surface area contributed by atoms with Crippen molar-refractivity contribution in [1.29, 1.82) is 0 Å². The lowest BCUT2D eigenvalue weighted by Gasteiger charge is -2.08. The molecule has 0 bridgehead atoms. The number of anilines is 2. The van der Waals surface area contributed by atoms with E-state index in [9.17, 15) is 4.79 Å². The van der Waals surface area contributed by atoms with E-state index in [0.29, 0.717) is 23.5 Å². The lowest BCUT2D eigenvalue weighted by Crippen LogP contribution is -2.04. The summed E-state index contributed by atoms with van der Waals surface area (Å²) in [5.74, 6) is -0.324. The Balaban J connectivity index is 2.32. The molecule has 19 heavy (non-hydrogen) atoms. The van der Waals surface area contributed by atoms with E-state index < -0.39 is 0 Å². The minimum atomic E-state index is -0.324. The zero-order valence-electron chi connectivity index (χ0n) is 10.7. The van der Waals surface area contributed by atoms with Crippen LogP contribution in [-0.2, 0) is 4.74 Å². The summed E-state index contributed by atoms with van der Waals surface area (Å²) in [6, 6.07) is 12.4. The van der Waals surface area contributed by atoms with Crippen molar-refractivity contribution in [2.24, 2.45) is 0 Å². The Morgan fingerprint density at radius 2 is 1.79 bits per heavy atom. The molecule has 0 heterocycles. The lowest BCUT2D eigenvalue weighted by atomic mass is 10.0. The van der Waals surface area contributed by atoms with Gasteiger partial charge in [-0.15, -0.1) is 0 Å². The Morgan fingerprint density at radius 1 is 1.11 bits per heavy atom. The van der Waals surface area contributed by atoms with Crippen molar-refractivity contribution >= 4 is 17.3 Å². The van der Waals surface area contributed by atoms with Crippen molar-refractivity contribution in [3.8, 4) is 11.1 Å². The van der Waals surface area contributed by atoms with Crippen LogP contribution < -0.4 is 11.5 Å². The second-order valence-corrected chi connectivity index (χ2v) is 4.14. The fourth-order valence-electron chi connectivity index (χ4n) is 1.82. The molecule has 4 heteroatoms. The Labute approximate surface area is 112 Å². The van der Waals surface area contributed by atoms with Crippen molar-refractivity contribution < 1.29 is 9.53 Å². The average Bonchev–Trinajstić information content (AvgIpc) is 2.42. The Kier molecular flexibility index (Phi) is 3.71. The third-order valence-electron chi connectivity index (χ3n) is 2.78. The molecule has 4 N–H and O–H groups in total. The Hall–Kier alpha value is -2.49. The number of benzene rings is 2. The number of esters is 1. The molecule has 4 nitrogen and oxygen atoms in total. The monoisotopic (exact) mass is 256 g/mol. The fraction of sp³-hybridized carbons (Fsp3) is 0.133. The maximum Gasteiger partial charge on any atom is 0.338 e. The summed E-state index contributed by atoms with van der Waals surface area (Å²) in [5, 5.41) is 0. The van der Waals surface area contributed by atoms with Gasteiger partial charge in [-0.3, -0.25) is 0 Å². The predicted molar refractivity (Wildman–Crippen MR) is 76.7 cm³/mol. The maximum atomic E-state index is 11.5. The van der Waals surface area contributed by atoms with E-state index in [2.05, 4.69) is 0 Å². The molecule has 0 unspecified atom stereocenters. The molecule has 0 saturated heterocycles. The highest BCUT2D eigenvalue weighted by atomic mass is 16.5. The molecule has 0 aromatic heterocycles. The highest BCUT2D eigenvalue weighted by molar-refractivity contribution is 5.90. The molecule has 0 aliphatic heterocycles. The van der Waals surface area contributed by atoms with Crippen LogP contribution in [0, 0.1) is 0 Å². The van der Waals surface area contributed by atoms with Crippen molar-refractivity contribution in [1.82, 2.24) is 0 Å². The highest BCUT2D eigenvalue weighted by Gasteiger charge is 2.08. The summed E-state index contributed by atoms with van der Waals surface area (Å²) < 4.78 is 4.93. The van der Waals surface area contributed by atoms with E-state index in [1.807, 2.05) is 18.2 Å². The summed E-state index contributed by atoms with van der Waals surface area (Å²) in [6.45, 7) is 2.14.